The van der Waals surface area contributed by atoms with Crippen molar-refractivity contribution >= 4 is 33.8 Å². The zero-order valence-corrected chi connectivity index (χ0v) is 8.14. The molecule has 0 bridgehead atoms. The summed E-state index contributed by atoms with van der Waals surface area (Å²) in [6.07, 6.45) is 3.41. The van der Waals surface area contributed by atoms with E-state index in [1.165, 1.54) is 11.3 Å². The number of nitrogens with one attached hydrogen (secondary N) is 1. The molecular formula is C8H6ClN3S. The van der Waals surface area contributed by atoms with Crippen LogP contribution in [-0.4, -0.2) is 9.97 Å². The molecule has 0 unspecified atom stereocenters. The standard InChI is InChI=1S/C8H6ClN3S/c9-8-11-5-7(13-8)12-6-3-1-2-4-10-6/h1-5H,(H,10,12). The average Bonchev–Trinajstić information content (AvgIpc) is 2.53. The van der Waals surface area contributed by atoms with Gasteiger partial charge in [0.2, 0.25) is 0 Å². The van der Waals surface area contributed by atoms with E-state index < -0.39 is 0 Å². The summed E-state index contributed by atoms with van der Waals surface area (Å²) in [5.74, 6) is 0.794. The molecule has 0 spiro atoms. The predicted molar refractivity (Wildman–Crippen MR) is 54.6 cm³/mol. The van der Waals surface area contributed by atoms with Gasteiger partial charge in [-0.3, -0.25) is 0 Å². The van der Waals surface area contributed by atoms with Gasteiger partial charge in [-0.2, -0.15) is 0 Å². The Morgan fingerprint density at radius 3 is 2.85 bits per heavy atom. The summed E-state index contributed by atoms with van der Waals surface area (Å²) in [5, 5.41) is 3.98. The van der Waals surface area contributed by atoms with Crippen molar-refractivity contribution < 1.29 is 0 Å². The second kappa shape index (κ2) is 3.72. The summed E-state index contributed by atoms with van der Waals surface area (Å²) in [7, 11) is 0. The minimum Gasteiger partial charge on any atom is -0.331 e. The lowest BCUT2D eigenvalue weighted by molar-refractivity contribution is 1.31. The van der Waals surface area contributed by atoms with Crippen LogP contribution in [0.15, 0.2) is 30.6 Å². The first-order valence-corrected chi connectivity index (χ1v) is 4.83. The fourth-order valence-electron chi connectivity index (χ4n) is 0.874. The fourth-order valence-corrected chi connectivity index (χ4v) is 1.72. The summed E-state index contributed by atoms with van der Waals surface area (Å²) in [6.45, 7) is 0. The molecule has 0 amide bonds. The Bertz CT molecular complexity index is 387. The number of hydrogen-bond acceptors (Lipinski definition) is 4. The second-order valence-corrected chi connectivity index (χ2v) is 3.93. The van der Waals surface area contributed by atoms with Gasteiger partial charge in [-0.25, -0.2) is 9.97 Å². The van der Waals surface area contributed by atoms with E-state index in [1.807, 2.05) is 18.2 Å². The van der Waals surface area contributed by atoms with Crippen LogP contribution in [0.5, 0.6) is 0 Å². The van der Waals surface area contributed by atoms with Gasteiger partial charge in [-0.15, -0.1) is 0 Å². The quantitative estimate of drug-likeness (QED) is 0.830. The van der Waals surface area contributed by atoms with Crippen LogP contribution in [0.3, 0.4) is 0 Å². The smallest absolute Gasteiger partial charge is 0.185 e. The van der Waals surface area contributed by atoms with Crippen LogP contribution < -0.4 is 5.32 Å². The Morgan fingerprint density at radius 2 is 2.23 bits per heavy atom. The average molecular weight is 212 g/mol. The summed E-state index contributed by atoms with van der Waals surface area (Å²) < 4.78 is 0.526. The molecule has 66 valence electrons. The molecule has 5 heteroatoms. The lowest BCUT2D eigenvalue weighted by Crippen LogP contribution is -1.88. The lowest BCUT2D eigenvalue weighted by atomic mass is 10.5. The van der Waals surface area contributed by atoms with E-state index in [4.69, 9.17) is 11.6 Å². The molecule has 0 aliphatic rings. The molecule has 0 radical (unpaired) electrons. The maximum absolute atomic E-state index is 5.67. The molecule has 2 rings (SSSR count). The first-order chi connectivity index (χ1) is 6.34. The van der Waals surface area contributed by atoms with Crippen molar-refractivity contribution in [3.63, 3.8) is 0 Å². The summed E-state index contributed by atoms with van der Waals surface area (Å²) in [4.78, 5) is 8.01. The van der Waals surface area contributed by atoms with Crippen molar-refractivity contribution in [2.75, 3.05) is 5.32 Å². The van der Waals surface area contributed by atoms with Gasteiger partial charge >= 0.3 is 0 Å². The highest BCUT2D eigenvalue weighted by Gasteiger charge is 1.98. The second-order valence-electron chi connectivity index (χ2n) is 2.32. The van der Waals surface area contributed by atoms with Crippen molar-refractivity contribution in [3.05, 3.63) is 35.1 Å². The van der Waals surface area contributed by atoms with Crippen LogP contribution in [0.4, 0.5) is 10.8 Å². The third kappa shape index (κ3) is 2.17. The van der Waals surface area contributed by atoms with E-state index >= 15 is 0 Å². The van der Waals surface area contributed by atoms with Crippen LogP contribution in [0.25, 0.3) is 0 Å². The summed E-state index contributed by atoms with van der Waals surface area (Å²) in [6, 6.07) is 5.66. The zero-order valence-electron chi connectivity index (χ0n) is 6.57. The van der Waals surface area contributed by atoms with Crippen LogP contribution in [0.2, 0.25) is 4.47 Å². The van der Waals surface area contributed by atoms with E-state index in [-0.39, 0.29) is 0 Å². The van der Waals surface area contributed by atoms with Crippen molar-refractivity contribution in [1.29, 1.82) is 0 Å². The summed E-state index contributed by atoms with van der Waals surface area (Å²) >= 11 is 7.06. The maximum Gasteiger partial charge on any atom is 0.185 e. The number of hydrogen-bond donors (Lipinski definition) is 1. The van der Waals surface area contributed by atoms with E-state index in [9.17, 15) is 0 Å². The van der Waals surface area contributed by atoms with Gasteiger partial charge in [0, 0.05) is 6.20 Å². The lowest BCUT2D eigenvalue weighted by Gasteiger charge is -1.98. The number of rotatable bonds is 2. The maximum atomic E-state index is 5.67. The van der Waals surface area contributed by atoms with E-state index in [1.54, 1.807) is 12.4 Å². The molecule has 2 aromatic heterocycles. The van der Waals surface area contributed by atoms with Gasteiger partial charge in [0.15, 0.2) is 4.47 Å². The molecule has 0 aromatic carbocycles. The molecule has 13 heavy (non-hydrogen) atoms. The fraction of sp³-hybridized carbons (Fsp3) is 0. The molecule has 0 aliphatic carbocycles. The Hall–Kier alpha value is -1.13. The number of anilines is 2. The minimum atomic E-state index is 0.526. The molecular weight excluding hydrogens is 206 g/mol. The first-order valence-electron chi connectivity index (χ1n) is 3.64. The Kier molecular flexibility index (Phi) is 2.42. The predicted octanol–water partition coefficient (Wildman–Crippen LogP) is 2.94. The molecule has 0 aliphatic heterocycles. The van der Waals surface area contributed by atoms with Crippen molar-refractivity contribution in [2.45, 2.75) is 0 Å². The first kappa shape index (κ1) is 8.47. The molecule has 2 aromatic rings. The van der Waals surface area contributed by atoms with Gasteiger partial charge in [0.25, 0.3) is 0 Å². The Morgan fingerprint density at radius 1 is 1.31 bits per heavy atom. The van der Waals surface area contributed by atoms with Crippen molar-refractivity contribution in [2.24, 2.45) is 0 Å². The largest absolute Gasteiger partial charge is 0.331 e. The zero-order chi connectivity index (χ0) is 9.10. The monoisotopic (exact) mass is 211 g/mol. The van der Waals surface area contributed by atoms with E-state index in [0.29, 0.717) is 4.47 Å². The van der Waals surface area contributed by atoms with Gasteiger partial charge in [0.1, 0.15) is 10.8 Å². The highest BCUT2D eigenvalue weighted by atomic mass is 35.5. The number of halogens is 1. The minimum absolute atomic E-state index is 0.526. The number of pyridine rings is 1. The molecule has 2 heterocycles. The third-order valence-corrected chi connectivity index (χ3v) is 2.42. The molecule has 0 saturated carbocycles. The number of thiazole rings is 1. The molecule has 0 fully saturated rings. The normalized spacial score (nSPS) is 9.92. The van der Waals surface area contributed by atoms with E-state index in [2.05, 4.69) is 15.3 Å². The van der Waals surface area contributed by atoms with E-state index in [0.717, 1.165) is 10.8 Å². The molecule has 0 atom stereocenters. The topological polar surface area (TPSA) is 37.8 Å². The van der Waals surface area contributed by atoms with Crippen molar-refractivity contribution in [3.8, 4) is 0 Å². The van der Waals surface area contributed by atoms with Crippen LogP contribution in [0, 0.1) is 0 Å². The molecule has 3 nitrogen and oxygen atoms in total. The number of aromatic nitrogens is 2. The van der Waals surface area contributed by atoms with Gasteiger partial charge in [-0.05, 0) is 12.1 Å². The van der Waals surface area contributed by atoms with Gasteiger partial charge < -0.3 is 5.32 Å². The highest BCUT2D eigenvalue weighted by molar-refractivity contribution is 7.19. The van der Waals surface area contributed by atoms with Crippen LogP contribution in [-0.2, 0) is 0 Å². The highest BCUT2D eigenvalue weighted by Crippen LogP contribution is 2.24. The molecule has 0 saturated heterocycles. The van der Waals surface area contributed by atoms with Gasteiger partial charge in [0.05, 0.1) is 6.20 Å². The Balaban J connectivity index is 2.15. The molecule has 1 N–H and O–H groups in total. The van der Waals surface area contributed by atoms with Crippen molar-refractivity contribution in [1.82, 2.24) is 9.97 Å². The SMILES string of the molecule is Clc1ncc(Nc2ccccn2)s1. The van der Waals surface area contributed by atoms with Gasteiger partial charge in [-0.1, -0.05) is 29.0 Å². The van der Waals surface area contributed by atoms with Crippen LogP contribution >= 0.6 is 22.9 Å². The third-order valence-electron chi connectivity index (χ3n) is 1.39. The number of nitrogens with zero attached hydrogens (tertiary/aromatic N) is 2. The van der Waals surface area contributed by atoms with Crippen LogP contribution in [0.1, 0.15) is 0 Å². The summed E-state index contributed by atoms with van der Waals surface area (Å²) in [5.41, 5.74) is 0. The Labute approximate surface area is 84.4 Å².